The maximum atomic E-state index is 12.5. The summed E-state index contributed by atoms with van der Waals surface area (Å²) in [6.07, 6.45) is -0.977. The summed E-state index contributed by atoms with van der Waals surface area (Å²) in [5, 5.41) is 2.34. The number of nitrogens with one attached hydrogen (secondary N) is 1. The van der Waals surface area contributed by atoms with Crippen LogP contribution >= 0.6 is 0 Å². The molecule has 1 atom stereocenters. The van der Waals surface area contributed by atoms with E-state index in [9.17, 15) is 14.0 Å². The van der Waals surface area contributed by atoms with E-state index in [1.165, 1.54) is 14.0 Å². The highest BCUT2D eigenvalue weighted by Crippen LogP contribution is 2.13. The quantitative estimate of drug-likeness (QED) is 0.813. The van der Waals surface area contributed by atoms with E-state index in [4.69, 9.17) is 4.74 Å². The SMILES string of the molecule is COC(=O)C(C)(CCF)NC(=O)OCc1ccccc1. The van der Waals surface area contributed by atoms with Gasteiger partial charge < -0.3 is 14.8 Å². The number of methoxy groups -OCH3 is 1. The van der Waals surface area contributed by atoms with Crippen LogP contribution in [0.5, 0.6) is 0 Å². The van der Waals surface area contributed by atoms with Gasteiger partial charge in [-0.3, -0.25) is 4.39 Å². The first-order chi connectivity index (χ1) is 9.51. The highest BCUT2D eigenvalue weighted by Gasteiger charge is 2.36. The van der Waals surface area contributed by atoms with E-state index < -0.39 is 24.3 Å². The smallest absolute Gasteiger partial charge is 0.408 e. The van der Waals surface area contributed by atoms with Crippen molar-refractivity contribution in [3.8, 4) is 0 Å². The van der Waals surface area contributed by atoms with Crippen molar-refractivity contribution in [3.05, 3.63) is 35.9 Å². The van der Waals surface area contributed by atoms with E-state index in [0.29, 0.717) is 0 Å². The van der Waals surface area contributed by atoms with E-state index in [-0.39, 0.29) is 13.0 Å². The van der Waals surface area contributed by atoms with Gasteiger partial charge >= 0.3 is 12.1 Å². The van der Waals surface area contributed by atoms with Gasteiger partial charge in [-0.1, -0.05) is 30.3 Å². The molecule has 0 saturated heterocycles. The summed E-state index contributed by atoms with van der Waals surface area (Å²) in [4.78, 5) is 23.2. The van der Waals surface area contributed by atoms with Crippen LogP contribution in [0, 0.1) is 0 Å². The Morgan fingerprint density at radius 3 is 2.50 bits per heavy atom. The van der Waals surface area contributed by atoms with Crippen LogP contribution in [-0.4, -0.2) is 31.4 Å². The first-order valence-electron chi connectivity index (χ1n) is 6.15. The number of benzene rings is 1. The maximum absolute atomic E-state index is 12.5. The van der Waals surface area contributed by atoms with Crippen LogP contribution in [0.1, 0.15) is 18.9 Å². The molecule has 1 N–H and O–H groups in total. The van der Waals surface area contributed by atoms with E-state index in [1.807, 2.05) is 18.2 Å². The fraction of sp³-hybridized carbons (Fsp3) is 0.429. The number of esters is 1. The van der Waals surface area contributed by atoms with Crippen molar-refractivity contribution in [2.45, 2.75) is 25.5 Å². The van der Waals surface area contributed by atoms with E-state index in [0.717, 1.165) is 5.56 Å². The maximum Gasteiger partial charge on any atom is 0.408 e. The monoisotopic (exact) mass is 283 g/mol. The largest absolute Gasteiger partial charge is 0.467 e. The molecule has 1 amide bonds. The first-order valence-corrected chi connectivity index (χ1v) is 6.15. The number of carbonyl (C=O) groups excluding carboxylic acids is 2. The summed E-state index contributed by atoms with van der Waals surface area (Å²) in [7, 11) is 1.18. The molecule has 5 nitrogen and oxygen atoms in total. The van der Waals surface area contributed by atoms with Gasteiger partial charge in [0.15, 0.2) is 0 Å². The predicted molar refractivity (Wildman–Crippen MR) is 70.8 cm³/mol. The summed E-state index contributed by atoms with van der Waals surface area (Å²) in [5.41, 5.74) is -0.620. The molecule has 0 aliphatic carbocycles. The second-order valence-electron chi connectivity index (χ2n) is 4.45. The number of alkyl carbamates (subject to hydrolysis) is 1. The molecule has 1 aromatic rings. The third kappa shape index (κ3) is 4.53. The molecule has 20 heavy (non-hydrogen) atoms. The van der Waals surface area contributed by atoms with Crippen LogP contribution in [0.2, 0.25) is 0 Å². The average molecular weight is 283 g/mol. The van der Waals surface area contributed by atoms with Gasteiger partial charge in [-0.15, -0.1) is 0 Å². The molecule has 1 aromatic carbocycles. The molecule has 0 aromatic heterocycles. The van der Waals surface area contributed by atoms with Gasteiger partial charge in [-0.2, -0.15) is 0 Å². The lowest BCUT2D eigenvalue weighted by Crippen LogP contribution is -2.53. The Morgan fingerprint density at radius 1 is 1.30 bits per heavy atom. The summed E-state index contributed by atoms with van der Waals surface area (Å²) in [6.45, 7) is 0.701. The highest BCUT2D eigenvalue weighted by molar-refractivity contribution is 5.85. The van der Waals surface area contributed by atoms with E-state index in [2.05, 4.69) is 10.1 Å². The van der Waals surface area contributed by atoms with Gasteiger partial charge in [0.25, 0.3) is 0 Å². The molecule has 6 heteroatoms. The van der Waals surface area contributed by atoms with E-state index in [1.54, 1.807) is 12.1 Å². The second kappa shape index (κ2) is 7.47. The number of halogens is 1. The minimum Gasteiger partial charge on any atom is -0.467 e. The number of alkyl halides is 1. The minimum absolute atomic E-state index is 0.0690. The van der Waals surface area contributed by atoms with E-state index >= 15 is 0 Å². The molecule has 0 aliphatic heterocycles. The number of hydrogen-bond donors (Lipinski definition) is 1. The molecule has 0 aliphatic rings. The van der Waals surface area contributed by atoms with Crippen LogP contribution < -0.4 is 5.32 Å². The normalized spacial score (nSPS) is 13.2. The predicted octanol–water partition coefficient (Wildman–Crippen LogP) is 2.20. The molecule has 1 unspecified atom stereocenters. The van der Waals surface area contributed by atoms with Gasteiger partial charge in [0.2, 0.25) is 0 Å². The van der Waals surface area contributed by atoms with Crippen LogP contribution in [0.25, 0.3) is 0 Å². The molecule has 0 bridgehead atoms. The Kier molecular flexibility index (Phi) is 5.96. The lowest BCUT2D eigenvalue weighted by molar-refractivity contribution is -0.148. The number of hydrogen-bond acceptors (Lipinski definition) is 4. The van der Waals surface area contributed by atoms with Gasteiger partial charge in [0.1, 0.15) is 12.1 Å². The van der Waals surface area contributed by atoms with Crippen molar-refractivity contribution in [1.82, 2.24) is 5.32 Å². The summed E-state index contributed by atoms with van der Waals surface area (Å²) >= 11 is 0. The number of amides is 1. The third-order valence-corrected chi connectivity index (χ3v) is 2.82. The lowest BCUT2D eigenvalue weighted by atomic mass is 9.99. The fourth-order valence-corrected chi connectivity index (χ4v) is 1.61. The Labute approximate surface area is 117 Å². The zero-order valence-corrected chi connectivity index (χ0v) is 11.5. The molecule has 110 valence electrons. The summed E-state index contributed by atoms with van der Waals surface area (Å²) in [5.74, 6) is -0.716. The summed E-state index contributed by atoms with van der Waals surface area (Å²) < 4.78 is 22.0. The molecule has 0 saturated carbocycles. The Balaban J connectivity index is 2.56. The van der Waals surface area contributed by atoms with Crippen molar-refractivity contribution in [1.29, 1.82) is 0 Å². The Hall–Kier alpha value is -2.11. The molecule has 0 heterocycles. The third-order valence-electron chi connectivity index (χ3n) is 2.82. The molecule has 0 fully saturated rings. The molecule has 0 radical (unpaired) electrons. The summed E-state index contributed by atoms with van der Waals surface area (Å²) in [6, 6.07) is 9.08. The van der Waals surface area contributed by atoms with Gasteiger partial charge in [-0.05, 0) is 12.5 Å². The second-order valence-corrected chi connectivity index (χ2v) is 4.45. The van der Waals surface area contributed by atoms with Gasteiger partial charge in [0, 0.05) is 6.42 Å². The Bertz CT molecular complexity index is 452. The molecular weight excluding hydrogens is 265 g/mol. The average Bonchev–Trinajstić information content (AvgIpc) is 2.45. The molecular formula is C14H18FNO4. The molecule has 0 spiro atoms. The number of carbonyl (C=O) groups is 2. The Morgan fingerprint density at radius 2 is 1.95 bits per heavy atom. The fourth-order valence-electron chi connectivity index (χ4n) is 1.61. The minimum atomic E-state index is -1.43. The van der Waals surface area contributed by atoms with Crippen LogP contribution in [0.15, 0.2) is 30.3 Å². The zero-order valence-electron chi connectivity index (χ0n) is 11.5. The van der Waals surface area contributed by atoms with Crippen molar-refractivity contribution in [2.75, 3.05) is 13.8 Å². The number of rotatable bonds is 6. The highest BCUT2D eigenvalue weighted by atomic mass is 19.1. The van der Waals surface area contributed by atoms with Crippen molar-refractivity contribution in [3.63, 3.8) is 0 Å². The van der Waals surface area contributed by atoms with Crippen LogP contribution in [0.3, 0.4) is 0 Å². The van der Waals surface area contributed by atoms with Gasteiger partial charge in [-0.25, -0.2) is 9.59 Å². The topological polar surface area (TPSA) is 64.6 Å². The van der Waals surface area contributed by atoms with Crippen LogP contribution in [-0.2, 0) is 20.9 Å². The van der Waals surface area contributed by atoms with Crippen molar-refractivity contribution >= 4 is 12.1 Å². The number of ether oxygens (including phenoxy) is 2. The lowest BCUT2D eigenvalue weighted by Gasteiger charge is -2.26. The first kappa shape index (κ1) is 15.9. The zero-order chi connectivity index (χ0) is 15.0. The van der Waals surface area contributed by atoms with Gasteiger partial charge in [0.05, 0.1) is 13.8 Å². The van der Waals surface area contributed by atoms with Crippen molar-refractivity contribution in [2.24, 2.45) is 0 Å². The van der Waals surface area contributed by atoms with Crippen LogP contribution in [0.4, 0.5) is 9.18 Å². The standard InChI is InChI=1S/C14H18FNO4/c1-14(8-9-15,12(17)19-2)16-13(18)20-10-11-6-4-3-5-7-11/h3-7H,8-10H2,1-2H3,(H,16,18). The van der Waals surface area contributed by atoms with Crippen molar-refractivity contribution < 1.29 is 23.5 Å². The molecule has 1 rings (SSSR count).